The molecule has 0 radical (unpaired) electrons. The summed E-state index contributed by atoms with van der Waals surface area (Å²) in [4.78, 5) is 43.3. The number of phenols is 1. The molecule has 3 atom stereocenters. The zero-order chi connectivity index (χ0) is 24.3. The number of amides is 2. The third kappa shape index (κ3) is 5.00. The van der Waals surface area contributed by atoms with Gasteiger partial charge in [0.2, 0.25) is 5.91 Å². The van der Waals surface area contributed by atoms with Crippen LogP contribution in [-0.4, -0.2) is 52.0 Å². The monoisotopic (exact) mass is 479 g/mol. The molecule has 8 nitrogen and oxygen atoms in total. The highest BCUT2D eigenvalue weighted by Crippen LogP contribution is 2.26. The van der Waals surface area contributed by atoms with Crippen LogP contribution in [0.4, 0.5) is 0 Å². The topological polar surface area (TPSA) is 118 Å². The van der Waals surface area contributed by atoms with Crippen LogP contribution in [0, 0.1) is 0 Å². The maximum Gasteiger partial charge on any atom is 0.262 e. The molecule has 1 fully saturated rings. The van der Waals surface area contributed by atoms with Gasteiger partial charge in [-0.15, -0.1) is 11.3 Å². The van der Waals surface area contributed by atoms with Crippen molar-refractivity contribution >= 4 is 28.9 Å². The van der Waals surface area contributed by atoms with Crippen LogP contribution in [0.3, 0.4) is 0 Å². The molecule has 1 saturated heterocycles. The lowest BCUT2D eigenvalue weighted by atomic mass is 9.92. The highest BCUT2D eigenvalue weighted by molar-refractivity contribution is 7.12. The van der Waals surface area contributed by atoms with Crippen molar-refractivity contribution in [2.75, 3.05) is 6.61 Å². The predicted molar refractivity (Wildman–Crippen MR) is 128 cm³/mol. The summed E-state index contributed by atoms with van der Waals surface area (Å²) in [6.45, 7) is 3.27. The molecule has 3 heterocycles. The number of nitrogens with one attached hydrogen (secondary N) is 2. The van der Waals surface area contributed by atoms with Gasteiger partial charge in [-0.1, -0.05) is 18.2 Å². The number of nitrogens with zero attached hydrogens (tertiary/aromatic N) is 1. The first kappa shape index (κ1) is 23.6. The summed E-state index contributed by atoms with van der Waals surface area (Å²) in [5.41, 5.74) is 1.21. The van der Waals surface area contributed by atoms with Gasteiger partial charge in [0.25, 0.3) is 5.91 Å². The van der Waals surface area contributed by atoms with Crippen LogP contribution in [0.2, 0.25) is 0 Å². The lowest BCUT2D eigenvalue weighted by molar-refractivity contribution is -0.130. The fraction of sp³-hybridized carbons (Fsp3) is 0.280. The first-order valence-corrected chi connectivity index (χ1v) is 11.7. The summed E-state index contributed by atoms with van der Waals surface area (Å²) in [5.74, 6) is -1.08. The molecule has 2 aromatic heterocycles. The molecule has 4 rings (SSSR count). The lowest BCUT2D eigenvalue weighted by Crippen LogP contribution is -2.60. The van der Waals surface area contributed by atoms with Crippen molar-refractivity contribution in [2.24, 2.45) is 0 Å². The molecule has 1 aromatic carbocycles. The van der Waals surface area contributed by atoms with E-state index in [9.17, 15) is 19.5 Å². The Hall–Kier alpha value is -3.56. The summed E-state index contributed by atoms with van der Waals surface area (Å²) < 4.78 is 5.40. The normalized spacial score (nSPS) is 20.6. The van der Waals surface area contributed by atoms with Gasteiger partial charge in [0.15, 0.2) is 5.78 Å². The molecule has 2 amide bonds. The average Bonchev–Trinajstić information content (AvgIpc) is 3.41. The fourth-order valence-electron chi connectivity index (χ4n) is 3.76. The van der Waals surface area contributed by atoms with Gasteiger partial charge in [0.05, 0.1) is 11.0 Å². The molecule has 1 aliphatic rings. The Morgan fingerprint density at radius 2 is 2.09 bits per heavy atom. The summed E-state index contributed by atoms with van der Waals surface area (Å²) >= 11 is 1.26. The van der Waals surface area contributed by atoms with E-state index >= 15 is 0 Å². The van der Waals surface area contributed by atoms with Crippen LogP contribution in [-0.2, 0) is 20.7 Å². The van der Waals surface area contributed by atoms with Gasteiger partial charge in [-0.05, 0) is 54.6 Å². The van der Waals surface area contributed by atoms with Crippen LogP contribution in [0.5, 0.6) is 5.75 Å². The number of ether oxygens (including phenoxy) is 1. The summed E-state index contributed by atoms with van der Waals surface area (Å²) in [7, 11) is 0. The van der Waals surface area contributed by atoms with Crippen molar-refractivity contribution in [3.8, 4) is 16.9 Å². The number of hydrogen-bond acceptors (Lipinski definition) is 7. The van der Waals surface area contributed by atoms with E-state index in [4.69, 9.17) is 4.74 Å². The minimum atomic E-state index is -1.19. The number of Topliss-reactive ketones (excluding diaryl/α,β-unsaturated/α-hetero) is 1. The van der Waals surface area contributed by atoms with Crippen LogP contribution in [0.15, 0.2) is 60.2 Å². The van der Waals surface area contributed by atoms with Crippen molar-refractivity contribution < 1.29 is 24.2 Å². The van der Waals surface area contributed by atoms with E-state index in [0.29, 0.717) is 10.4 Å². The maximum atomic E-state index is 13.3. The van der Waals surface area contributed by atoms with Gasteiger partial charge in [-0.25, -0.2) is 0 Å². The Morgan fingerprint density at radius 3 is 2.76 bits per heavy atom. The van der Waals surface area contributed by atoms with Crippen molar-refractivity contribution in [1.82, 2.24) is 15.6 Å². The van der Waals surface area contributed by atoms with Crippen molar-refractivity contribution in [2.45, 2.75) is 38.0 Å². The summed E-state index contributed by atoms with van der Waals surface area (Å²) in [6.07, 6.45) is 3.02. The van der Waals surface area contributed by atoms with Gasteiger partial charge in [-0.3, -0.25) is 19.4 Å². The molecule has 3 N–H and O–H groups in total. The fourth-order valence-corrected chi connectivity index (χ4v) is 4.58. The number of benzene rings is 1. The highest BCUT2D eigenvalue weighted by atomic mass is 32.1. The Labute approximate surface area is 201 Å². The molecule has 3 aromatic rings. The van der Waals surface area contributed by atoms with Gasteiger partial charge >= 0.3 is 0 Å². The van der Waals surface area contributed by atoms with E-state index in [-0.39, 0.29) is 24.6 Å². The van der Waals surface area contributed by atoms with E-state index in [1.165, 1.54) is 23.5 Å². The lowest BCUT2D eigenvalue weighted by Gasteiger charge is -2.29. The van der Waals surface area contributed by atoms with Gasteiger partial charge in [0, 0.05) is 24.4 Å². The minimum absolute atomic E-state index is 0.0577. The molecular formula is C25H25N3O5S. The first-order chi connectivity index (χ1) is 16.3. The van der Waals surface area contributed by atoms with Crippen LogP contribution < -0.4 is 10.6 Å². The molecule has 0 spiro atoms. The average molecular weight is 480 g/mol. The second-order valence-corrected chi connectivity index (χ2v) is 9.32. The molecular weight excluding hydrogens is 454 g/mol. The smallest absolute Gasteiger partial charge is 0.262 e. The predicted octanol–water partition coefficient (Wildman–Crippen LogP) is 2.72. The number of hydrogen-bond donors (Lipinski definition) is 3. The number of rotatable bonds is 7. The number of phenolic OH excluding ortho intramolecular Hbond substituents is 1. The maximum absolute atomic E-state index is 13.3. The van der Waals surface area contributed by atoms with Gasteiger partial charge in [-0.2, -0.15) is 0 Å². The zero-order valence-electron chi connectivity index (χ0n) is 18.8. The third-order valence-electron chi connectivity index (χ3n) is 6.03. The number of thiophene rings is 1. The van der Waals surface area contributed by atoms with E-state index in [1.54, 1.807) is 44.4 Å². The van der Waals surface area contributed by atoms with Gasteiger partial charge in [0.1, 0.15) is 23.9 Å². The van der Waals surface area contributed by atoms with Crippen molar-refractivity contribution in [3.63, 3.8) is 0 Å². The second kappa shape index (κ2) is 9.74. The largest absolute Gasteiger partial charge is 0.508 e. The number of pyridine rings is 1. The molecule has 0 saturated carbocycles. The molecule has 3 unspecified atom stereocenters. The number of carbonyl (C=O) groups is 3. The molecule has 1 aliphatic heterocycles. The summed E-state index contributed by atoms with van der Waals surface area (Å²) in [6, 6.07) is 11.0. The Morgan fingerprint density at radius 1 is 1.26 bits per heavy atom. The number of carbonyl (C=O) groups excluding carboxylic acids is 3. The van der Waals surface area contributed by atoms with Crippen molar-refractivity contribution in [3.05, 3.63) is 70.7 Å². The quantitative estimate of drug-likeness (QED) is 0.480. The second-order valence-electron chi connectivity index (χ2n) is 8.41. The minimum Gasteiger partial charge on any atom is -0.508 e. The molecule has 9 heteroatoms. The Bertz CT molecular complexity index is 1210. The SMILES string of the molecule is CC1OCC(=O)C1(C)NC(=O)C(Cc1cccc(O)c1)NC(=O)c1cc(-c2cccnc2)cs1. The standard InChI is InChI=1S/C25H25N3O5S/c1-15-25(2,22(30)13-33-15)28-23(31)20(10-16-5-3-7-19(29)9-16)27-24(32)21-11-18(14-34-21)17-6-4-8-26-12-17/h3-9,11-12,14-15,20,29H,10,13H2,1-2H3,(H,27,32)(H,28,31). The van der Waals surface area contributed by atoms with Crippen LogP contribution in [0.25, 0.3) is 11.1 Å². The highest BCUT2D eigenvalue weighted by Gasteiger charge is 2.47. The van der Waals surface area contributed by atoms with Crippen molar-refractivity contribution in [1.29, 1.82) is 0 Å². The van der Waals surface area contributed by atoms with Crippen LogP contribution >= 0.6 is 11.3 Å². The van der Waals surface area contributed by atoms with E-state index in [1.807, 2.05) is 17.5 Å². The number of aromatic nitrogens is 1. The van der Waals surface area contributed by atoms with E-state index < -0.39 is 29.5 Å². The molecule has 34 heavy (non-hydrogen) atoms. The molecule has 0 bridgehead atoms. The number of ketones is 1. The Balaban J connectivity index is 1.55. The van der Waals surface area contributed by atoms with Crippen LogP contribution in [0.1, 0.15) is 29.1 Å². The first-order valence-electron chi connectivity index (χ1n) is 10.8. The van der Waals surface area contributed by atoms with Gasteiger partial charge < -0.3 is 20.5 Å². The Kier molecular flexibility index (Phi) is 6.76. The van der Waals surface area contributed by atoms with E-state index in [0.717, 1.165) is 11.1 Å². The third-order valence-corrected chi connectivity index (χ3v) is 6.96. The molecule has 176 valence electrons. The molecule has 0 aliphatic carbocycles. The number of aromatic hydroxyl groups is 1. The zero-order valence-corrected chi connectivity index (χ0v) is 19.6. The van der Waals surface area contributed by atoms with E-state index in [2.05, 4.69) is 15.6 Å². The summed E-state index contributed by atoms with van der Waals surface area (Å²) in [5, 5.41) is 17.3.